The van der Waals surface area contributed by atoms with Crippen LogP contribution in [0.2, 0.25) is 0 Å². The van der Waals surface area contributed by atoms with Crippen molar-refractivity contribution in [2.75, 3.05) is 30.8 Å². The van der Waals surface area contributed by atoms with Crippen molar-refractivity contribution in [2.45, 2.75) is 19.8 Å². The third kappa shape index (κ3) is 2.55. The minimum absolute atomic E-state index is 0.0491. The van der Waals surface area contributed by atoms with Crippen LogP contribution in [0, 0.1) is 12.8 Å². The van der Waals surface area contributed by atoms with Crippen LogP contribution in [0.4, 0.5) is 11.5 Å². The summed E-state index contributed by atoms with van der Waals surface area (Å²) in [4.78, 5) is 18.2. The molecule has 1 amide bonds. The molecule has 1 saturated heterocycles. The van der Waals surface area contributed by atoms with Crippen LogP contribution in [0.15, 0.2) is 12.3 Å². The topological polar surface area (TPSA) is 71.2 Å². The Bertz CT molecular complexity index is 447. The second-order valence-electron chi connectivity index (χ2n) is 4.80. The Kier molecular flexibility index (Phi) is 3.69. The summed E-state index contributed by atoms with van der Waals surface area (Å²) in [6.45, 7) is 3.59. The van der Waals surface area contributed by atoms with Crippen LogP contribution in [-0.4, -0.2) is 31.0 Å². The van der Waals surface area contributed by atoms with E-state index in [2.05, 4.69) is 15.2 Å². The second-order valence-corrected chi connectivity index (χ2v) is 4.80. The van der Waals surface area contributed by atoms with Crippen LogP contribution in [-0.2, 0) is 4.79 Å². The van der Waals surface area contributed by atoms with E-state index in [1.54, 1.807) is 13.2 Å². The van der Waals surface area contributed by atoms with Crippen LogP contribution in [0.1, 0.15) is 18.4 Å². The number of pyridine rings is 1. The van der Waals surface area contributed by atoms with E-state index in [1.807, 2.05) is 13.0 Å². The molecule has 98 valence electrons. The molecule has 0 bridgehead atoms. The lowest BCUT2D eigenvalue weighted by Gasteiger charge is -2.32. The number of nitrogens with two attached hydrogens (primary N) is 1. The molecule has 0 aromatic carbocycles. The molecular formula is C13H20N4O. The predicted octanol–water partition coefficient (Wildman–Crippen LogP) is 0.935. The fraction of sp³-hybridized carbons (Fsp3) is 0.538. The van der Waals surface area contributed by atoms with Crippen molar-refractivity contribution in [1.82, 2.24) is 10.3 Å². The molecule has 1 atom stereocenters. The Morgan fingerprint density at radius 3 is 3.06 bits per heavy atom. The van der Waals surface area contributed by atoms with Gasteiger partial charge in [-0.25, -0.2) is 4.98 Å². The van der Waals surface area contributed by atoms with Crippen molar-refractivity contribution in [3.63, 3.8) is 0 Å². The first-order valence-electron chi connectivity index (χ1n) is 6.30. The highest BCUT2D eigenvalue weighted by atomic mass is 16.1. The molecule has 3 N–H and O–H groups in total. The Morgan fingerprint density at radius 2 is 2.39 bits per heavy atom. The summed E-state index contributed by atoms with van der Waals surface area (Å²) in [6.07, 6.45) is 3.74. The van der Waals surface area contributed by atoms with Gasteiger partial charge in [0.1, 0.15) is 5.82 Å². The van der Waals surface area contributed by atoms with Gasteiger partial charge in [0, 0.05) is 38.1 Å². The highest BCUT2D eigenvalue weighted by Gasteiger charge is 2.25. The van der Waals surface area contributed by atoms with Crippen LogP contribution in [0.3, 0.4) is 0 Å². The minimum Gasteiger partial charge on any atom is -0.398 e. The molecule has 1 fully saturated rings. The van der Waals surface area contributed by atoms with Crippen molar-refractivity contribution >= 4 is 17.4 Å². The van der Waals surface area contributed by atoms with Crippen LogP contribution in [0.25, 0.3) is 0 Å². The van der Waals surface area contributed by atoms with Crippen molar-refractivity contribution in [2.24, 2.45) is 5.92 Å². The summed E-state index contributed by atoms with van der Waals surface area (Å²) in [5.41, 5.74) is 7.64. The average Bonchev–Trinajstić information content (AvgIpc) is 2.41. The quantitative estimate of drug-likeness (QED) is 0.817. The van der Waals surface area contributed by atoms with E-state index in [9.17, 15) is 4.79 Å². The molecule has 0 saturated carbocycles. The number of carbonyl (C=O) groups excluding carboxylic acids is 1. The standard InChI is InChI=1S/C13H20N4O/c1-9-7-16-12(6-11(9)14)17-5-3-4-10(8-17)13(18)15-2/h6-7,10H,3-5,8H2,1-2H3,(H2,14,16)(H,15,18). The van der Waals surface area contributed by atoms with Gasteiger partial charge in [0.05, 0.1) is 5.92 Å². The summed E-state index contributed by atoms with van der Waals surface area (Å²) >= 11 is 0. The summed E-state index contributed by atoms with van der Waals surface area (Å²) in [6, 6.07) is 1.89. The number of nitrogens with zero attached hydrogens (tertiary/aromatic N) is 2. The number of amides is 1. The van der Waals surface area contributed by atoms with Crippen LogP contribution < -0.4 is 16.0 Å². The fourth-order valence-corrected chi connectivity index (χ4v) is 2.30. The molecule has 1 aromatic heterocycles. The fourth-order valence-electron chi connectivity index (χ4n) is 2.30. The zero-order valence-corrected chi connectivity index (χ0v) is 10.9. The maximum absolute atomic E-state index is 11.7. The molecule has 1 aromatic rings. The summed E-state index contributed by atoms with van der Waals surface area (Å²) in [5, 5.41) is 2.72. The van der Waals surface area contributed by atoms with Gasteiger partial charge in [-0.2, -0.15) is 0 Å². The van der Waals surface area contributed by atoms with Crippen molar-refractivity contribution in [1.29, 1.82) is 0 Å². The highest BCUT2D eigenvalue weighted by Crippen LogP contribution is 2.24. The molecule has 2 heterocycles. The number of aromatic nitrogens is 1. The molecule has 5 heteroatoms. The Morgan fingerprint density at radius 1 is 1.61 bits per heavy atom. The number of hydrogen-bond acceptors (Lipinski definition) is 4. The van der Waals surface area contributed by atoms with E-state index in [4.69, 9.17) is 5.73 Å². The van der Waals surface area contributed by atoms with Gasteiger partial charge in [0.15, 0.2) is 0 Å². The average molecular weight is 248 g/mol. The molecule has 1 aliphatic heterocycles. The number of hydrogen-bond donors (Lipinski definition) is 2. The van der Waals surface area contributed by atoms with Crippen LogP contribution in [0.5, 0.6) is 0 Å². The van der Waals surface area contributed by atoms with Gasteiger partial charge in [-0.05, 0) is 25.3 Å². The molecule has 1 unspecified atom stereocenters. The van der Waals surface area contributed by atoms with E-state index in [-0.39, 0.29) is 11.8 Å². The normalized spacial score (nSPS) is 19.7. The molecule has 1 aliphatic rings. The maximum Gasteiger partial charge on any atom is 0.224 e. The third-order valence-corrected chi connectivity index (χ3v) is 3.49. The Labute approximate surface area is 107 Å². The Balaban J connectivity index is 2.13. The number of nitrogen functional groups attached to an aromatic ring is 1. The van der Waals surface area contributed by atoms with Crippen molar-refractivity contribution < 1.29 is 4.79 Å². The second kappa shape index (κ2) is 5.25. The predicted molar refractivity (Wildman–Crippen MR) is 72.4 cm³/mol. The van der Waals surface area contributed by atoms with Gasteiger partial charge in [-0.1, -0.05) is 0 Å². The summed E-state index contributed by atoms with van der Waals surface area (Å²) < 4.78 is 0. The first-order valence-corrected chi connectivity index (χ1v) is 6.30. The van der Waals surface area contributed by atoms with E-state index < -0.39 is 0 Å². The number of anilines is 2. The molecule has 2 rings (SSSR count). The number of carbonyl (C=O) groups is 1. The zero-order valence-electron chi connectivity index (χ0n) is 10.9. The maximum atomic E-state index is 11.7. The first kappa shape index (κ1) is 12.7. The Hall–Kier alpha value is -1.78. The molecule has 0 radical (unpaired) electrons. The summed E-state index contributed by atoms with van der Waals surface area (Å²) in [7, 11) is 1.68. The lowest BCUT2D eigenvalue weighted by atomic mass is 9.97. The first-order chi connectivity index (χ1) is 8.61. The monoisotopic (exact) mass is 248 g/mol. The van der Waals surface area contributed by atoms with E-state index >= 15 is 0 Å². The molecule has 5 nitrogen and oxygen atoms in total. The van der Waals surface area contributed by atoms with Gasteiger partial charge >= 0.3 is 0 Å². The molecular weight excluding hydrogens is 228 g/mol. The zero-order chi connectivity index (χ0) is 13.1. The highest BCUT2D eigenvalue weighted by molar-refractivity contribution is 5.79. The van der Waals surface area contributed by atoms with Crippen molar-refractivity contribution in [3.8, 4) is 0 Å². The molecule has 0 aliphatic carbocycles. The molecule has 0 spiro atoms. The smallest absolute Gasteiger partial charge is 0.224 e. The minimum atomic E-state index is 0.0491. The third-order valence-electron chi connectivity index (χ3n) is 3.49. The number of piperidine rings is 1. The van der Waals surface area contributed by atoms with E-state index in [0.717, 1.165) is 43.0 Å². The number of rotatable bonds is 2. The van der Waals surface area contributed by atoms with Crippen molar-refractivity contribution in [3.05, 3.63) is 17.8 Å². The van der Waals surface area contributed by atoms with Gasteiger partial charge in [-0.3, -0.25) is 4.79 Å². The lowest BCUT2D eigenvalue weighted by molar-refractivity contribution is -0.124. The van der Waals surface area contributed by atoms with Crippen LogP contribution >= 0.6 is 0 Å². The van der Waals surface area contributed by atoms with E-state index in [1.165, 1.54) is 0 Å². The number of nitrogens with one attached hydrogen (secondary N) is 1. The SMILES string of the molecule is CNC(=O)C1CCCN(c2cc(N)c(C)cn2)C1. The number of aryl methyl sites for hydroxylation is 1. The van der Waals surface area contributed by atoms with Gasteiger partial charge in [0.25, 0.3) is 0 Å². The summed E-state index contributed by atoms with van der Waals surface area (Å²) in [5.74, 6) is 1.03. The van der Waals surface area contributed by atoms with Gasteiger partial charge in [0.2, 0.25) is 5.91 Å². The van der Waals surface area contributed by atoms with Gasteiger partial charge < -0.3 is 16.0 Å². The molecule has 18 heavy (non-hydrogen) atoms. The van der Waals surface area contributed by atoms with E-state index in [0.29, 0.717) is 0 Å². The largest absolute Gasteiger partial charge is 0.398 e. The lowest BCUT2D eigenvalue weighted by Crippen LogP contribution is -2.42. The van der Waals surface area contributed by atoms with Gasteiger partial charge in [-0.15, -0.1) is 0 Å².